The van der Waals surface area contributed by atoms with Crippen LogP contribution < -0.4 is 4.74 Å². The van der Waals surface area contributed by atoms with E-state index in [1.165, 1.54) is 19.1 Å². The fourth-order valence-electron chi connectivity index (χ4n) is 1.82. The van der Waals surface area contributed by atoms with Gasteiger partial charge in [-0.15, -0.1) is 0 Å². The quantitative estimate of drug-likeness (QED) is 0.777. The molecule has 19 heavy (non-hydrogen) atoms. The fraction of sp³-hybridized carbons (Fsp3) is 0.188. The van der Waals surface area contributed by atoms with E-state index in [9.17, 15) is 9.18 Å². The number of Topliss-reactive ketones (excluding diaryl/α,β-unsaturated/α-hetero) is 1. The predicted octanol–water partition coefficient (Wildman–Crippen LogP) is 3.92. The second-order valence-electron chi connectivity index (χ2n) is 4.46. The molecule has 2 aromatic carbocycles. The average Bonchev–Trinajstić information content (AvgIpc) is 2.37. The minimum absolute atomic E-state index is 0.0276. The highest BCUT2D eigenvalue weighted by atomic mass is 19.1. The van der Waals surface area contributed by atoms with Crippen LogP contribution in [0.25, 0.3) is 0 Å². The molecule has 2 rings (SSSR count). The van der Waals surface area contributed by atoms with E-state index in [1.807, 2.05) is 13.0 Å². The van der Waals surface area contributed by atoms with Crippen molar-refractivity contribution in [3.8, 4) is 5.75 Å². The Morgan fingerprint density at radius 2 is 2.00 bits per heavy atom. The molecule has 98 valence electrons. The third-order valence-corrected chi connectivity index (χ3v) is 2.86. The molecule has 0 spiro atoms. The molecule has 0 aromatic heterocycles. The van der Waals surface area contributed by atoms with Crippen LogP contribution in [0.3, 0.4) is 0 Å². The van der Waals surface area contributed by atoms with Crippen molar-refractivity contribution in [2.24, 2.45) is 0 Å². The maximum Gasteiger partial charge on any atom is 0.159 e. The Balaban J connectivity index is 2.10. The van der Waals surface area contributed by atoms with Gasteiger partial charge in [0, 0.05) is 5.56 Å². The summed E-state index contributed by atoms with van der Waals surface area (Å²) in [6.07, 6.45) is 0. The van der Waals surface area contributed by atoms with Crippen LogP contribution >= 0.6 is 0 Å². The van der Waals surface area contributed by atoms with Crippen LogP contribution in [0, 0.1) is 12.7 Å². The van der Waals surface area contributed by atoms with Crippen molar-refractivity contribution in [1.82, 2.24) is 0 Å². The lowest BCUT2D eigenvalue weighted by atomic mass is 10.1. The molecule has 0 aliphatic rings. The number of carbonyl (C=O) groups is 1. The van der Waals surface area contributed by atoms with E-state index < -0.39 is 0 Å². The Kier molecular flexibility index (Phi) is 3.95. The summed E-state index contributed by atoms with van der Waals surface area (Å²) >= 11 is 0. The molecule has 3 heteroatoms. The van der Waals surface area contributed by atoms with Crippen LogP contribution in [0.4, 0.5) is 4.39 Å². The maximum atomic E-state index is 13.0. The zero-order chi connectivity index (χ0) is 13.8. The van der Waals surface area contributed by atoms with Gasteiger partial charge >= 0.3 is 0 Å². The average molecular weight is 258 g/mol. The van der Waals surface area contributed by atoms with E-state index in [0.29, 0.717) is 17.9 Å². The van der Waals surface area contributed by atoms with Gasteiger partial charge in [-0.25, -0.2) is 4.39 Å². The number of rotatable bonds is 4. The first-order chi connectivity index (χ1) is 9.06. The molecule has 2 nitrogen and oxygen atoms in total. The van der Waals surface area contributed by atoms with Crippen LogP contribution in [-0.4, -0.2) is 5.78 Å². The molecule has 0 radical (unpaired) electrons. The summed E-state index contributed by atoms with van der Waals surface area (Å²) in [5.41, 5.74) is 2.33. The van der Waals surface area contributed by atoms with Gasteiger partial charge in [-0.05, 0) is 55.3 Å². The van der Waals surface area contributed by atoms with E-state index in [2.05, 4.69) is 0 Å². The molecule has 0 saturated heterocycles. The number of benzene rings is 2. The molecule has 0 amide bonds. The molecule has 0 saturated carbocycles. The minimum Gasteiger partial charge on any atom is -0.489 e. The summed E-state index contributed by atoms with van der Waals surface area (Å²) in [5.74, 6) is 0.457. The van der Waals surface area contributed by atoms with Gasteiger partial charge in [0.2, 0.25) is 0 Å². The molecule has 0 heterocycles. The monoisotopic (exact) mass is 258 g/mol. The summed E-state index contributed by atoms with van der Waals surface area (Å²) in [5, 5.41) is 0. The highest BCUT2D eigenvalue weighted by Gasteiger charge is 2.05. The molecular weight excluding hydrogens is 243 g/mol. The second-order valence-corrected chi connectivity index (χ2v) is 4.46. The lowest BCUT2D eigenvalue weighted by molar-refractivity contribution is 0.101. The first-order valence-electron chi connectivity index (χ1n) is 6.05. The zero-order valence-corrected chi connectivity index (χ0v) is 10.9. The molecule has 0 aliphatic heterocycles. The van der Waals surface area contributed by atoms with Crippen LogP contribution in [0.1, 0.15) is 28.4 Å². The van der Waals surface area contributed by atoms with Crippen molar-refractivity contribution in [2.45, 2.75) is 20.5 Å². The van der Waals surface area contributed by atoms with Crippen molar-refractivity contribution in [2.75, 3.05) is 0 Å². The minimum atomic E-state index is -0.273. The Bertz CT molecular complexity index is 605. The summed E-state index contributed by atoms with van der Waals surface area (Å²) in [7, 11) is 0. The van der Waals surface area contributed by atoms with Crippen molar-refractivity contribution in [3.63, 3.8) is 0 Å². The Labute approximate surface area is 111 Å². The topological polar surface area (TPSA) is 26.3 Å². The van der Waals surface area contributed by atoms with Crippen molar-refractivity contribution in [1.29, 1.82) is 0 Å². The van der Waals surface area contributed by atoms with E-state index in [-0.39, 0.29) is 11.6 Å². The van der Waals surface area contributed by atoms with Crippen molar-refractivity contribution < 1.29 is 13.9 Å². The van der Waals surface area contributed by atoms with E-state index in [1.54, 1.807) is 24.3 Å². The van der Waals surface area contributed by atoms with Gasteiger partial charge in [0.05, 0.1) is 0 Å². The van der Waals surface area contributed by atoms with Gasteiger partial charge in [-0.2, -0.15) is 0 Å². The number of ether oxygens (including phenoxy) is 1. The van der Waals surface area contributed by atoms with Crippen molar-refractivity contribution >= 4 is 5.78 Å². The standard InChI is InChI=1S/C16H15FO2/c1-11-8-14(12(2)18)6-7-16(11)19-10-13-4-3-5-15(17)9-13/h3-9H,10H2,1-2H3. The van der Waals surface area contributed by atoms with Gasteiger partial charge < -0.3 is 4.74 Å². The fourth-order valence-corrected chi connectivity index (χ4v) is 1.82. The summed E-state index contributed by atoms with van der Waals surface area (Å²) in [6.45, 7) is 3.72. The van der Waals surface area contributed by atoms with Crippen LogP contribution in [0.2, 0.25) is 0 Å². The molecule has 0 aliphatic carbocycles. The largest absolute Gasteiger partial charge is 0.489 e. The van der Waals surface area contributed by atoms with E-state index in [4.69, 9.17) is 4.74 Å². The molecule has 0 N–H and O–H groups in total. The molecule has 0 fully saturated rings. The van der Waals surface area contributed by atoms with Crippen LogP contribution in [0.5, 0.6) is 5.75 Å². The zero-order valence-electron chi connectivity index (χ0n) is 10.9. The lowest BCUT2D eigenvalue weighted by Gasteiger charge is -2.10. The number of hydrogen-bond acceptors (Lipinski definition) is 2. The third kappa shape index (κ3) is 3.41. The van der Waals surface area contributed by atoms with Gasteiger partial charge in [0.15, 0.2) is 5.78 Å². The molecule has 0 bridgehead atoms. The third-order valence-electron chi connectivity index (χ3n) is 2.86. The summed E-state index contributed by atoms with van der Waals surface area (Å²) in [4.78, 5) is 11.2. The summed E-state index contributed by atoms with van der Waals surface area (Å²) in [6, 6.07) is 11.6. The van der Waals surface area contributed by atoms with E-state index in [0.717, 1.165) is 11.1 Å². The lowest BCUT2D eigenvalue weighted by Crippen LogP contribution is -1.99. The normalized spacial score (nSPS) is 10.3. The first-order valence-corrected chi connectivity index (χ1v) is 6.05. The Hall–Kier alpha value is -2.16. The number of halogens is 1. The maximum absolute atomic E-state index is 13.0. The van der Waals surface area contributed by atoms with Gasteiger partial charge in [0.1, 0.15) is 18.2 Å². The second kappa shape index (κ2) is 5.65. The molecule has 0 atom stereocenters. The SMILES string of the molecule is CC(=O)c1ccc(OCc2cccc(F)c2)c(C)c1. The Morgan fingerprint density at radius 3 is 2.63 bits per heavy atom. The highest BCUT2D eigenvalue weighted by molar-refractivity contribution is 5.94. The van der Waals surface area contributed by atoms with Crippen LogP contribution in [-0.2, 0) is 6.61 Å². The van der Waals surface area contributed by atoms with Crippen molar-refractivity contribution in [3.05, 3.63) is 65.0 Å². The molecular formula is C16H15FO2. The Morgan fingerprint density at radius 1 is 1.21 bits per heavy atom. The molecule has 0 unspecified atom stereocenters. The van der Waals surface area contributed by atoms with Gasteiger partial charge in [0.25, 0.3) is 0 Å². The number of hydrogen-bond donors (Lipinski definition) is 0. The molecule has 2 aromatic rings. The van der Waals surface area contributed by atoms with E-state index >= 15 is 0 Å². The summed E-state index contributed by atoms with van der Waals surface area (Å²) < 4.78 is 18.7. The highest BCUT2D eigenvalue weighted by Crippen LogP contribution is 2.20. The number of carbonyl (C=O) groups excluding carboxylic acids is 1. The number of aryl methyl sites for hydroxylation is 1. The van der Waals surface area contributed by atoms with Gasteiger partial charge in [-0.1, -0.05) is 12.1 Å². The van der Waals surface area contributed by atoms with Crippen LogP contribution in [0.15, 0.2) is 42.5 Å². The smallest absolute Gasteiger partial charge is 0.159 e. The number of ketones is 1. The predicted molar refractivity (Wildman–Crippen MR) is 71.9 cm³/mol. The first kappa shape index (κ1) is 13.3. The van der Waals surface area contributed by atoms with Gasteiger partial charge in [-0.3, -0.25) is 4.79 Å².